The van der Waals surface area contributed by atoms with Gasteiger partial charge < -0.3 is 10.6 Å². The molecule has 124 valence electrons. The van der Waals surface area contributed by atoms with E-state index in [2.05, 4.69) is 31.1 Å². The fraction of sp³-hybridized carbons (Fsp3) is 0.200. The van der Waals surface area contributed by atoms with E-state index in [0.717, 1.165) is 5.69 Å². The van der Waals surface area contributed by atoms with Crippen LogP contribution in [0.3, 0.4) is 0 Å². The second-order valence-corrected chi connectivity index (χ2v) is 5.81. The molecule has 0 heterocycles. The molecule has 2 aromatic carbocycles. The van der Waals surface area contributed by atoms with Gasteiger partial charge in [-0.25, -0.2) is 0 Å². The third-order valence-electron chi connectivity index (χ3n) is 3.63. The number of carbonyl (C=O) groups is 2. The highest BCUT2D eigenvalue weighted by molar-refractivity contribution is 6.06. The maximum Gasteiger partial charge on any atom is 0.255 e. The van der Waals surface area contributed by atoms with Crippen molar-refractivity contribution in [2.24, 2.45) is 0 Å². The Morgan fingerprint density at radius 2 is 1.67 bits per heavy atom. The molecule has 4 heteroatoms. The molecule has 2 N–H and O–H groups in total. The van der Waals surface area contributed by atoms with Gasteiger partial charge in [0.2, 0.25) is 0 Å². The van der Waals surface area contributed by atoms with Crippen molar-refractivity contribution in [3.05, 3.63) is 77.9 Å². The lowest BCUT2D eigenvalue weighted by molar-refractivity contribution is 0.0958. The van der Waals surface area contributed by atoms with Gasteiger partial charge in [0.05, 0.1) is 0 Å². The Hall–Kier alpha value is -2.88. The van der Waals surface area contributed by atoms with Crippen molar-refractivity contribution in [2.45, 2.75) is 19.8 Å². The van der Waals surface area contributed by atoms with Crippen LogP contribution in [-0.2, 0) is 0 Å². The van der Waals surface area contributed by atoms with Gasteiger partial charge in [-0.2, -0.15) is 0 Å². The highest BCUT2D eigenvalue weighted by Gasteiger charge is 2.10. The maximum atomic E-state index is 12.4. The molecule has 0 aliphatic rings. The van der Waals surface area contributed by atoms with Gasteiger partial charge in [-0.3, -0.25) is 9.59 Å². The van der Waals surface area contributed by atoms with Crippen LogP contribution < -0.4 is 10.6 Å². The van der Waals surface area contributed by atoms with Crippen molar-refractivity contribution in [2.75, 3.05) is 11.9 Å². The number of rotatable bonds is 6. The summed E-state index contributed by atoms with van der Waals surface area (Å²) in [4.78, 5) is 24.3. The van der Waals surface area contributed by atoms with Crippen LogP contribution >= 0.6 is 0 Å². The molecule has 2 amide bonds. The van der Waals surface area contributed by atoms with E-state index in [0.29, 0.717) is 23.6 Å². The Balaban J connectivity index is 2.09. The van der Waals surface area contributed by atoms with Gasteiger partial charge in [-0.15, -0.1) is 6.58 Å². The molecule has 0 radical (unpaired) electrons. The van der Waals surface area contributed by atoms with Crippen LogP contribution in [0.1, 0.15) is 46.0 Å². The topological polar surface area (TPSA) is 58.2 Å². The smallest absolute Gasteiger partial charge is 0.255 e. The zero-order valence-electron chi connectivity index (χ0n) is 14.0. The quantitative estimate of drug-likeness (QED) is 0.790. The molecule has 0 bridgehead atoms. The molecule has 0 saturated heterocycles. The molecule has 0 atom stereocenters. The standard InChI is InChI=1S/C20H22N2O2/c1-4-12-21-19(23)16-6-5-7-17(13-16)20(24)22-18-10-8-15(9-11-18)14(2)3/h4-11,13-14H,1,12H2,2-3H3,(H,21,23)(H,22,24). The summed E-state index contributed by atoms with van der Waals surface area (Å²) in [7, 11) is 0. The second kappa shape index (κ2) is 8.11. The van der Waals surface area contributed by atoms with E-state index < -0.39 is 0 Å². The number of nitrogens with one attached hydrogen (secondary N) is 2. The summed E-state index contributed by atoms with van der Waals surface area (Å²) in [5, 5.41) is 5.54. The average molecular weight is 322 g/mol. The largest absolute Gasteiger partial charge is 0.349 e. The second-order valence-electron chi connectivity index (χ2n) is 5.81. The molecule has 0 unspecified atom stereocenters. The van der Waals surface area contributed by atoms with Crippen molar-refractivity contribution < 1.29 is 9.59 Å². The average Bonchev–Trinajstić information content (AvgIpc) is 2.60. The molecule has 24 heavy (non-hydrogen) atoms. The molecular formula is C20H22N2O2. The molecular weight excluding hydrogens is 300 g/mol. The van der Waals surface area contributed by atoms with E-state index in [1.54, 1.807) is 30.3 Å². The van der Waals surface area contributed by atoms with E-state index in [1.165, 1.54) is 5.56 Å². The van der Waals surface area contributed by atoms with Crippen molar-refractivity contribution in [3.63, 3.8) is 0 Å². The summed E-state index contributed by atoms with van der Waals surface area (Å²) in [6.45, 7) is 8.19. The Morgan fingerprint density at radius 1 is 1.04 bits per heavy atom. The number of hydrogen-bond acceptors (Lipinski definition) is 2. The van der Waals surface area contributed by atoms with Crippen molar-refractivity contribution in [3.8, 4) is 0 Å². The Morgan fingerprint density at radius 3 is 2.25 bits per heavy atom. The van der Waals surface area contributed by atoms with Crippen LogP contribution in [0.2, 0.25) is 0 Å². The van der Waals surface area contributed by atoms with Crippen LogP contribution in [0.15, 0.2) is 61.2 Å². The first-order valence-corrected chi connectivity index (χ1v) is 7.91. The monoisotopic (exact) mass is 322 g/mol. The minimum Gasteiger partial charge on any atom is -0.349 e. The van der Waals surface area contributed by atoms with E-state index in [9.17, 15) is 9.59 Å². The van der Waals surface area contributed by atoms with Crippen LogP contribution in [0.4, 0.5) is 5.69 Å². The summed E-state index contributed by atoms with van der Waals surface area (Å²) < 4.78 is 0. The number of amides is 2. The van der Waals surface area contributed by atoms with Crippen molar-refractivity contribution >= 4 is 17.5 Å². The Bertz CT molecular complexity index is 734. The van der Waals surface area contributed by atoms with E-state index in [1.807, 2.05) is 24.3 Å². The number of carbonyl (C=O) groups excluding carboxylic acids is 2. The summed E-state index contributed by atoms with van der Waals surface area (Å²) in [6.07, 6.45) is 1.61. The van der Waals surface area contributed by atoms with E-state index in [-0.39, 0.29) is 11.8 Å². The lowest BCUT2D eigenvalue weighted by Gasteiger charge is -2.09. The first-order valence-electron chi connectivity index (χ1n) is 7.91. The number of benzene rings is 2. The predicted octanol–water partition coefficient (Wildman–Crippen LogP) is 3.98. The fourth-order valence-electron chi connectivity index (χ4n) is 2.22. The normalized spacial score (nSPS) is 10.3. The zero-order valence-corrected chi connectivity index (χ0v) is 14.0. The molecule has 0 fully saturated rings. The summed E-state index contributed by atoms with van der Waals surface area (Å²) in [6, 6.07) is 14.4. The van der Waals surface area contributed by atoms with Gasteiger partial charge in [0.15, 0.2) is 0 Å². The molecule has 2 aromatic rings. The first-order chi connectivity index (χ1) is 11.5. The van der Waals surface area contributed by atoms with Crippen LogP contribution in [0.5, 0.6) is 0 Å². The van der Waals surface area contributed by atoms with Gasteiger partial charge in [0.25, 0.3) is 11.8 Å². The SMILES string of the molecule is C=CCNC(=O)c1cccc(C(=O)Nc2ccc(C(C)C)cc2)c1. The Kier molecular flexibility index (Phi) is 5.90. The minimum atomic E-state index is -0.245. The van der Waals surface area contributed by atoms with Crippen LogP contribution in [-0.4, -0.2) is 18.4 Å². The van der Waals surface area contributed by atoms with E-state index in [4.69, 9.17) is 0 Å². The van der Waals surface area contributed by atoms with Gasteiger partial charge >= 0.3 is 0 Å². The Labute approximate surface area is 142 Å². The van der Waals surface area contributed by atoms with E-state index >= 15 is 0 Å². The van der Waals surface area contributed by atoms with Gasteiger partial charge in [-0.05, 0) is 41.8 Å². The fourth-order valence-corrected chi connectivity index (χ4v) is 2.22. The number of hydrogen-bond donors (Lipinski definition) is 2. The molecule has 0 aromatic heterocycles. The molecule has 0 saturated carbocycles. The van der Waals surface area contributed by atoms with Crippen LogP contribution in [0.25, 0.3) is 0 Å². The highest BCUT2D eigenvalue weighted by Crippen LogP contribution is 2.18. The third kappa shape index (κ3) is 4.56. The molecule has 2 rings (SSSR count). The summed E-state index contributed by atoms with van der Waals surface area (Å²) >= 11 is 0. The first kappa shape index (κ1) is 17.5. The van der Waals surface area contributed by atoms with Gasteiger partial charge in [0.1, 0.15) is 0 Å². The molecule has 0 spiro atoms. The van der Waals surface area contributed by atoms with Crippen molar-refractivity contribution in [1.82, 2.24) is 5.32 Å². The molecule has 0 aliphatic carbocycles. The summed E-state index contributed by atoms with van der Waals surface area (Å²) in [5.74, 6) is -0.0305. The van der Waals surface area contributed by atoms with Crippen molar-refractivity contribution in [1.29, 1.82) is 0 Å². The highest BCUT2D eigenvalue weighted by atomic mass is 16.2. The zero-order chi connectivity index (χ0) is 17.5. The molecule has 4 nitrogen and oxygen atoms in total. The minimum absolute atomic E-state index is 0.231. The lowest BCUT2D eigenvalue weighted by Crippen LogP contribution is -2.23. The van der Waals surface area contributed by atoms with Crippen LogP contribution in [0, 0.1) is 0 Å². The van der Waals surface area contributed by atoms with Gasteiger partial charge in [0, 0.05) is 23.4 Å². The maximum absolute atomic E-state index is 12.4. The number of anilines is 1. The summed E-state index contributed by atoms with van der Waals surface area (Å²) in [5.41, 5.74) is 2.83. The predicted molar refractivity (Wildman–Crippen MR) is 97.5 cm³/mol. The molecule has 0 aliphatic heterocycles. The van der Waals surface area contributed by atoms with Gasteiger partial charge in [-0.1, -0.05) is 38.1 Å². The lowest BCUT2D eigenvalue weighted by atomic mass is 10.0. The third-order valence-corrected chi connectivity index (χ3v) is 3.63.